The van der Waals surface area contributed by atoms with Crippen molar-refractivity contribution in [1.82, 2.24) is 14.9 Å². The second-order valence-corrected chi connectivity index (χ2v) is 9.09. The largest absolute Gasteiger partial charge is 0.383 e. The van der Waals surface area contributed by atoms with E-state index in [2.05, 4.69) is 35.6 Å². The van der Waals surface area contributed by atoms with E-state index in [0.29, 0.717) is 11.7 Å². The van der Waals surface area contributed by atoms with Gasteiger partial charge in [0.05, 0.1) is 6.61 Å². The van der Waals surface area contributed by atoms with E-state index >= 15 is 0 Å². The molecule has 0 saturated carbocycles. The minimum Gasteiger partial charge on any atom is -0.383 e. The van der Waals surface area contributed by atoms with Crippen LogP contribution in [-0.2, 0) is 4.74 Å². The predicted molar refractivity (Wildman–Crippen MR) is 149 cm³/mol. The van der Waals surface area contributed by atoms with E-state index in [4.69, 9.17) is 14.7 Å². The normalized spacial score (nSPS) is 16.9. The zero-order chi connectivity index (χ0) is 25.2. The monoisotopic (exact) mass is 471 g/mol. The Morgan fingerprint density at radius 2 is 2.14 bits per heavy atom. The second kappa shape index (κ2) is 12.8. The molecule has 3 rings (SSSR count). The number of ether oxygens (including phenoxy) is 1. The Labute approximate surface area is 209 Å². The van der Waals surface area contributed by atoms with Gasteiger partial charge in [-0.25, -0.2) is 9.97 Å². The highest BCUT2D eigenvalue weighted by molar-refractivity contribution is 6.12. The van der Waals surface area contributed by atoms with Crippen LogP contribution in [0.25, 0.3) is 22.5 Å². The quantitative estimate of drug-likeness (QED) is 0.354. The molecule has 0 radical (unpaired) electrons. The number of rotatable bonds is 10. The van der Waals surface area contributed by atoms with Crippen LogP contribution in [-0.4, -0.2) is 62.0 Å². The van der Waals surface area contributed by atoms with Crippen molar-refractivity contribution in [2.75, 3.05) is 46.2 Å². The molecule has 6 nitrogen and oxygen atoms in total. The highest BCUT2D eigenvalue weighted by Gasteiger charge is 2.17. The van der Waals surface area contributed by atoms with Crippen LogP contribution in [0.2, 0.25) is 0 Å². The predicted octanol–water partition coefficient (Wildman–Crippen LogP) is 5.73. The van der Waals surface area contributed by atoms with Crippen molar-refractivity contribution in [3.63, 3.8) is 0 Å². The molecule has 1 aliphatic rings. The van der Waals surface area contributed by atoms with Crippen LogP contribution >= 0.6 is 0 Å². The second-order valence-electron chi connectivity index (χ2n) is 9.09. The third-order valence-corrected chi connectivity index (χ3v) is 5.65. The van der Waals surface area contributed by atoms with Crippen molar-refractivity contribution in [1.29, 1.82) is 0 Å². The standard InChI is InChI=1S/C29H37N5O/c1-7-23(19-34(5)6)24-11-8-12-25(15-24)28-32-18-27(26(17-30-4)14-21(2)3)29(33-28)31-16-22-10-9-13-35-20-22/h7-8,11-12,14-15,17-19,22H,1-2,9-10,13,16,20H2,3-6H3,(H,31,32,33)/b23-19+,26-14+,30-17?. The van der Waals surface area contributed by atoms with Crippen LogP contribution in [0.1, 0.15) is 30.9 Å². The van der Waals surface area contributed by atoms with E-state index in [1.807, 2.05) is 68.8 Å². The first-order chi connectivity index (χ1) is 16.9. The number of aliphatic imine (C=N–C) groups is 1. The molecule has 2 aromatic rings. The van der Waals surface area contributed by atoms with E-state index < -0.39 is 0 Å². The molecule has 0 spiro atoms. The van der Waals surface area contributed by atoms with Crippen molar-refractivity contribution in [3.05, 3.63) is 78.7 Å². The maximum atomic E-state index is 5.67. The number of hydrogen-bond acceptors (Lipinski definition) is 6. The first-order valence-electron chi connectivity index (χ1n) is 12.0. The molecule has 6 heteroatoms. The molecule has 1 saturated heterocycles. The number of allylic oxidation sites excluding steroid dienone is 5. The molecule has 0 aliphatic carbocycles. The van der Waals surface area contributed by atoms with Crippen molar-refractivity contribution in [3.8, 4) is 11.4 Å². The minimum absolute atomic E-state index is 0.457. The van der Waals surface area contributed by atoms with E-state index in [1.54, 1.807) is 7.05 Å². The first kappa shape index (κ1) is 26.1. The van der Waals surface area contributed by atoms with Gasteiger partial charge in [-0.2, -0.15) is 0 Å². The Kier molecular flexibility index (Phi) is 9.56. The molecule has 2 heterocycles. The van der Waals surface area contributed by atoms with Gasteiger partial charge in [-0.05, 0) is 42.9 Å². The van der Waals surface area contributed by atoms with Gasteiger partial charge in [-0.1, -0.05) is 49.1 Å². The number of hydrogen-bond donors (Lipinski definition) is 1. The third-order valence-electron chi connectivity index (χ3n) is 5.65. The van der Waals surface area contributed by atoms with Gasteiger partial charge in [0.15, 0.2) is 5.82 Å². The Morgan fingerprint density at radius 1 is 1.31 bits per heavy atom. The molecule has 1 unspecified atom stereocenters. The lowest BCUT2D eigenvalue weighted by molar-refractivity contribution is 0.0595. The van der Waals surface area contributed by atoms with Crippen LogP contribution < -0.4 is 5.32 Å². The smallest absolute Gasteiger partial charge is 0.161 e. The molecular weight excluding hydrogens is 434 g/mol. The lowest BCUT2D eigenvalue weighted by Crippen LogP contribution is -2.25. The summed E-state index contributed by atoms with van der Waals surface area (Å²) in [5, 5.41) is 3.58. The maximum Gasteiger partial charge on any atom is 0.161 e. The summed E-state index contributed by atoms with van der Waals surface area (Å²) < 4.78 is 5.67. The van der Waals surface area contributed by atoms with Gasteiger partial charge in [0, 0.05) is 69.6 Å². The molecule has 1 atom stereocenters. The number of nitrogens with one attached hydrogen (secondary N) is 1. The highest BCUT2D eigenvalue weighted by Crippen LogP contribution is 2.28. The van der Waals surface area contributed by atoms with Gasteiger partial charge in [0.1, 0.15) is 5.82 Å². The number of aromatic nitrogens is 2. The summed E-state index contributed by atoms with van der Waals surface area (Å²) in [6.45, 7) is 12.4. The molecule has 1 aromatic carbocycles. The van der Waals surface area contributed by atoms with Crippen molar-refractivity contribution < 1.29 is 4.74 Å². The van der Waals surface area contributed by atoms with E-state index in [-0.39, 0.29) is 0 Å². The molecule has 1 aliphatic heterocycles. The minimum atomic E-state index is 0.457. The van der Waals surface area contributed by atoms with Crippen LogP contribution in [0.15, 0.2) is 72.5 Å². The van der Waals surface area contributed by atoms with E-state index in [1.165, 1.54) is 0 Å². The van der Waals surface area contributed by atoms with E-state index in [0.717, 1.165) is 71.8 Å². The Balaban J connectivity index is 2.02. The lowest BCUT2D eigenvalue weighted by Gasteiger charge is -2.23. The molecule has 1 aromatic heterocycles. The van der Waals surface area contributed by atoms with Crippen LogP contribution in [0.5, 0.6) is 0 Å². The molecule has 184 valence electrons. The summed E-state index contributed by atoms with van der Waals surface area (Å²) in [7, 11) is 5.76. The van der Waals surface area contributed by atoms with Crippen LogP contribution in [0, 0.1) is 5.92 Å². The fourth-order valence-electron chi connectivity index (χ4n) is 4.03. The first-order valence-corrected chi connectivity index (χ1v) is 12.0. The molecule has 1 N–H and O–H groups in total. The van der Waals surface area contributed by atoms with Crippen LogP contribution in [0.3, 0.4) is 0 Å². The van der Waals surface area contributed by atoms with Gasteiger partial charge >= 0.3 is 0 Å². The fraction of sp³-hybridized carbons (Fsp3) is 0.345. The van der Waals surface area contributed by atoms with Crippen LogP contribution in [0.4, 0.5) is 5.82 Å². The number of benzene rings is 1. The molecule has 35 heavy (non-hydrogen) atoms. The van der Waals surface area contributed by atoms with Crippen molar-refractivity contribution in [2.45, 2.75) is 19.8 Å². The number of nitrogens with zero attached hydrogens (tertiary/aromatic N) is 4. The highest BCUT2D eigenvalue weighted by atomic mass is 16.5. The average molecular weight is 472 g/mol. The van der Waals surface area contributed by atoms with Gasteiger partial charge < -0.3 is 15.0 Å². The summed E-state index contributed by atoms with van der Waals surface area (Å²) in [6, 6.07) is 8.23. The summed E-state index contributed by atoms with van der Waals surface area (Å²) >= 11 is 0. The van der Waals surface area contributed by atoms with E-state index in [9.17, 15) is 0 Å². The third kappa shape index (κ3) is 7.49. The van der Waals surface area contributed by atoms with Gasteiger partial charge in [0.2, 0.25) is 0 Å². The molecular formula is C29H37N5O. The molecule has 0 bridgehead atoms. The van der Waals surface area contributed by atoms with Gasteiger partial charge in [0.25, 0.3) is 0 Å². The summed E-state index contributed by atoms with van der Waals surface area (Å²) in [5.41, 5.74) is 5.80. The Hall–Kier alpha value is -3.51. The summed E-state index contributed by atoms with van der Waals surface area (Å²) in [4.78, 5) is 16.0. The van der Waals surface area contributed by atoms with Gasteiger partial charge in [-0.3, -0.25) is 4.99 Å². The molecule has 0 amide bonds. The maximum absolute atomic E-state index is 5.67. The Bertz CT molecular complexity index is 1120. The zero-order valence-electron chi connectivity index (χ0n) is 21.4. The zero-order valence-corrected chi connectivity index (χ0v) is 21.4. The molecule has 1 fully saturated rings. The topological polar surface area (TPSA) is 62.6 Å². The average Bonchev–Trinajstić information content (AvgIpc) is 2.86. The lowest BCUT2D eigenvalue weighted by atomic mass is 10.0. The van der Waals surface area contributed by atoms with Gasteiger partial charge in [-0.15, -0.1) is 0 Å². The summed E-state index contributed by atoms with van der Waals surface area (Å²) in [5.74, 6) is 1.90. The van der Waals surface area contributed by atoms with Crippen molar-refractivity contribution >= 4 is 23.2 Å². The number of anilines is 1. The van der Waals surface area contributed by atoms with Crippen molar-refractivity contribution in [2.24, 2.45) is 10.9 Å². The fourth-order valence-corrected chi connectivity index (χ4v) is 4.03. The summed E-state index contributed by atoms with van der Waals surface area (Å²) in [6.07, 6.45) is 11.9. The Morgan fingerprint density at radius 3 is 2.80 bits per heavy atom. The SMILES string of the molecule is C=C/C(=C\N(C)C)c1cccc(-c2ncc(/C(C=NC)=C/C(=C)C)c(NCC3CCCOC3)n2)c1.